The van der Waals surface area contributed by atoms with Crippen molar-refractivity contribution in [1.29, 1.82) is 0 Å². The summed E-state index contributed by atoms with van der Waals surface area (Å²) in [6.45, 7) is 0.662. The van der Waals surface area contributed by atoms with Crippen molar-refractivity contribution in [2.75, 3.05) is 6.54 Å². The first-order valence-electron chi connectivity index (χ1n) is 9.75. The van der Waals surface area contributed by atoms with Crippen molar-refractivity contribution in [2.45, 2.75) is 25.4 Å². The van der Waals surface area contributed by atoms with Gasteiger partial charge in [-0.05, 0) is 43.0 Å². The molecule has 0 saturated heterocycles. The second kappa shape index (κ2) is 11.6. The van der Waals surface area contributed by atoms with E-state index in [0.29, 0.717) is 12.2 Å². The van der Waals surface area contributed by atoms with Crippen molar-refractivity contribution in [3.8, 4) is 11.3 Å². The van der Waals surface area contributed by atoms with Crippen molar-refractivity contribution in [3.05, 3.63) is 72.2 Å². The zero-order chi connectivity index (χ0) is 23.6. The van der Waals surface area contributed by atoms with E-state index >= 15 is 0 Å². The molecule has 3 aromatic rings. The molecule has 0 bridgehead atoms. The quantitative estimate of drug-likeness (QED) is 0.535. The number of halogens is 3. The number of carboxylic acids is 1. The fraction of sp³-hybridized carbons (Fsp3) is 0.273. The minimum Gasteiger partial charge on any atom is -0.475 e. The summed E-state index contributed by atoms with van der Waals surface area (Å²) >= 11 is 0. The zero-order valence-electron chi connectivity index (χ0n) is 17.3. The number of benzene rings is 1. The molecule has 2 aromatic heterocycles. The lowest BCUT2D eigenvalue weighted by Gasteiger charge is -2.05. The highest BCUT2D eigenvalue weighted by Crippen LogP contribution is 2.18. The molecule has 0 spiro atoms. The van der Waals surface area contributed by atoms with Gasteiger partial charge >= 0.3 is 12.1 Å². The highest BCUT2D eigenvalue weighted by Gasteiger charge is 2.38. The molecular formula is C22H23F3N4O3. The van der Waals surface area contributed by atoms with Gasteiger partial charge in [0.15, 0.2) is 0 Å². The van der Waals surface area contributed by atoms with Gasteiger partial charge in [-0.25, -0.2) is 4.79 Å². The van der Waals surface area contributed by atoms with Gasteiger partial charge in [0, 0.05) is 31.5 Å². The van der Waals surface area contributed by atoms with Crippen LogP contribution in [0.2, 0.25) is 0 Å². The molecule has 0 saturated carbocycles. The van der Waals surface area contributed by atoms with Gasteiger partial charge in [0.1, 0.15) is 5.69 Å². The van der Waals surface area contributed by atoms with Gasteiger partial charge in [-0.1, -0.05) is 30.3 Å². The smallest absolute Gasteiger partial charge is 0.475 e. The minimum absolute atomic E-state index is 0.0823. The Morgan fingerprint density at radius 3 is 2.28 bits per heavy atom. The van der Waals surface area contributed by atoms with Gasteiger partial charge in [0.25, 0.3) is 5.91 Å². The Kier molecular flexibility index (Phi) is 8.94. The Bertz CT molecular complexity index is 1010. The number of hydrogen-bond donors (Lipinski definition) is 2. The molecule has 0 aliphatic carbocycles. The van der Waals surface area contributed by atoms with Crippen LogP contribution >= 0.6 is 0 Å². The van der Waals surface area contributed by atoms with Crippen molar-refractivity contribution in [2.24, 2.45) is 7.05 Å². The number of nitrogens with one attached hydrogen (secondary N) is 1. The summed E-state index contributed by atoms with van der Waals surface area (Å²) in [7, 11) is 1.80. The lowest BCUT2D eigenvalue weighted by Crippen LogP contribution is -2.26. The van der Waals surface area contributed by atoms with Gasteiger partial charge in [0.05, 0.1) is 5.69 Å². The molecule has 7 nitrogen and oxygen atoms in total. The lowest BCUT2D eigenvalue weighted by molar-refractivity contribution is -0.192. The molecule has 0 atom stereocenters. The largest absolute Gasteiger partial charge is 0.490 e. The Morgan fingerprint density at radius 1 is 1.06 bits per heavy atom. The van der Waals surface area contributed by atoms with Crippen LogP contribution in [0.3, 0.4) is 0 Å². The third-order valence-electron chi connectivity index (χ3n) is 4.35. The van der Waals surface area contributed by atoms with Crippen molar-refractivity contribution in [1.82, 2.24) is 20.1 Å². The van der Waals surface area contributed by atoms with Crippen LogP contribution in [-0.4, -0.2) is 44.5 Å². The number of aryl methyl sites for hydroxylation is 2. The molecule has 2 heterocycles. The summed E-state index contributed by atoms with van der Waals surface area (Å²) in [5, 5.41) is 14.5. The minimum atomic E-state index is -5.08. The molecule has 170 valence electrons. The monoisotopic (exact) mass is 448 g/mol. The second-order valence-electron chi connectivity index (χ2n) is 6.78. The molecular weight excluding hydrogens is 425 g/mol. The van der Waals surface area contributed by atoms with E-state index in [9.17, 15) is 18.0 Å². The maximum atomic E-state index is 12.4. The predicted molar refractivity (Wildman–Crippen MR) is 112 cm³/mol. The molecule has 10 heteroatoms. The van der Waals surface area contributed by atoms with Gasteiger partial charge in [-0.15, -0.1) is 0 Å². The number of unbranched alkanes of at least 4 members (excludes halogenated alkanes) is 1. The molecule has 0 unspecified atom stereocenters. The van der Waals surface area contributed by atoms with Crippen molar-refractivity contribution >= 4 is 11.9 Å². The third-order valence-corrected chi connectivity index (χ3v) is 4.35. The topological polar surface area (TPSA) is 97.1 Å². The molecule has 32 heavy (non-hydrogen) atoms. The summed E-state index contributed by atoms with van der Waals surface area (Å²) in [5.41, 5.74) is 3.67. The third kappa shape index (κ3) is 7.86. The number of carboxylic acid groups (broad SMARTS) is 1. The molecule has 0 fully saturated rings. The van der Waals surface area contributed by atoms with E-state index in [-0.39, 0.29) is 5.91 Å². The van der Waals surface area contributed by atoms with E-state index in [2.05, 4.69) is 15.4 Å². The molecule has 1 amide bonds. The van der Waals surface area contributed by atoms with Crippen LogP contribution in [0, 0.1) is 0 Å². The summed E-state index contributed by atoms with van der Waals surface area (Å²) in [6, 6.07) is 15.8. The highest BCUT2D eigenvalue weighted by molar-refractivity contribution is 5.93. The molecule has 1 aromatic carbocycles. The van der Waals surface area contributed by atoms with E-state index in [1.165, 1.54) is 5.56 Å². The number of alkyl halides is 3. The number of carbonyl (C=O) groups excluding carboxylic acids is 1. The first-order valence-corrected chi connectivity index (χ1v) is 9.75. The Hall–Kier alpha value is -3.69. The van der Waals surface area contributed by atoms with E-state index in [4.69, 9.17) is 9.90 Å². The van der Waals surface area contributed by atoms with E-state index in [1.807, 2.05) is 60.9 Å². The van der Waals surface area contributed by atoms with Crippen LogP contribution in [0.1, 0.15) is 28.9 Å². The van der Waals surface area contributed by atoms with Crippen LogP contribution in [-0.2, 0) is 18.3 Å². The van der Waals surface area contributed by atoms with Crippen LogP contribution in [0.15, 0.2) is 60.9 Å². The number of nitrogens with zero attached hydrogens (tertiary/aromatic N) is 3. The van der Waals surface area contributed by atoms with Crippen LogP contribution in [0.4, 0.5) is 13.2 Å². The first kappa shape index (κ1) is 24.6. The van der Waals surface area contributed by atoms with Gasteiger partial charge < -0.3 is 10.4 Å². The van der Waals surface area contributed by atoms with Gasteiger partial charge in [-0.3, -0.25) is 14.5 Å². The van der Waals surface area contributed by atoms with E-state index in [0.717, 1.165) is 30.5 Å². The Labute approximate surface area is 182 Å². The van der Waals surface area contributed by atoms with E-state index in [1.54, 1.807) is 11.7 Å². The SMILES string of the molecule is Cn1nc(-c2ccccc2)cc1C(=O)NCCCCc1ccncc1.O=C(O)C(F)(F)F. The number of hydrogen-bond acceptors (Lipinski definition) is 4. The Balaban J connectivity index is 0.000000451. The molecule has 0 aliphatic rings. The summed E-state index contributed by atoms with van der Waals surface area (Å²) in [4.78, 5) is 25.3. The number of pyridine rings is 1. The summed E-state index contributed by atoms with van der Waals surface area (Å²) in [5.74, 6) is -2.84. The molecule has 0 aliphatic heterocycles. The number of carbonyl (C=O) groups is 2. The van der Waals surface area contributed by atoms with Crippen LogP contribution in [0.25, 0.3) is 11.3 Å². The normalized spacial score (nSPS) is 10.8. The fourth-order valence-electron chi connectivity index (χ4n) is 2.73. The number of aliphatic carboxylic acids is 1. The fourth-order valence-corrected chi connectivity index (χ4v) is 2.73. The molecule has 2 N–H and O–H groups in total. The maximum absolute atomic E-state index is 12.4. The van der Waals surface area contributed by atoms with E-state index < -0.39 is 12.1 Å². The zero-order valence-corrected chi connectivity index (χ0v) is 17.3. The van der Waals surface area contributed by atoms with Crippen LogP contribution in [0.5, 0.6) is 0 Å². The number of amides is 1. The average Bonchev–Trinajstić information content (AvgIpc) is 3.16. The highest BCUT2D eigenvalue weighted by atomic mass is 19.4. The van der Waals surface area contributed by atoms with Gasteiger partial charge in [-0.2, -0.15) is 18.3 Å². The number of aromatic nitrogens is 3. The number of rotatable bonds is 7. The van der Waals surface area contributed by atoms with Crippen LogP contribution < -0.4 is 5.32 Å². The maximum Gasteiger partial charge on any atom is 0.490 e. The Morgan fingerprint density at radius 2 is 1.69 bits per heavy atom. The average molecular weight is 448 g/mol. The lowest BCUT2D eigenvalue weighted by atomic mass is 10.1. The summed E-state index contributed by atoms with van der Waals surface area (Å²) in [6.07, 6.45) is 1.51. The standard InChI is InChI=1S/C20H22N4O.C2HF3O2/c1-24-19(15-18(23-24)17-8-3-2-4-9-17)20(25)22-12-6-5-7-16-10-13-21-14-11-16;3-2(4,5)1(6)7/h2-4,8-11,13-15H,5-7,12H2,1H3,(H,22,25);(H,6,7). The molecule has 3 rings (SSSR count). The summed E-state index contributed by atoms with van der Waals surface area (Å²) < 4.78 is 33.4. The predicted octanol–water partition coefficient (Wildman–Crippen LogP) is 3.87. The van der Waals surface area contributed by atoms with Crippen molar-refractivity contribution < 1.29 is 27.9 Å². The van der Waals surface area contributed by atoms with Gasteiger partial charge in [0.2, 0.25) is 0 Å². The first-order chi connectivity index (χ1) is 15.2. The second-order valence-corrected chi connectivity index (χ2v) is 6.78. The van der Waals surface area contributed by atoms with Crippen molar-refractivity contribution in [3.63, 3.8) is 0 Å². The molecule has 0 radical (unpaired) electrons.